The predicted octanol–water partition coefficient (Wildman–Crippen LogP) is 6.19. The van der Waals surface area contributed by atoms with Crippen LogP contribution < -0.4 is 11.1 Å². The summed E-state index contributed by atoms with van der Waals surface area (Å²) in [6, 6.07) is 14.7. The zero-order chi connectivity index (χ0) is 28.2. The molecule has 0 radical (unpaired) electrons. The number of aromatic nitrogens is 2. The van der Waals surface area contributed by atoms with Gasteiger partial charge in [-0.2, -0.15) is 5.10 Å². The molecule has 0 unspecified atom stereocenters. The second-order valence-corrected chi connectivity index (χ2v) is 9.59. The van der Waals surface area contributed by atoms with Crippen LogP contribution in [0.5, 0.6) is 0 Å². The number of hydrogen-bond acceptors (Lipinski definition) is 5. The highest BCUT2D eigenvalue weighted by Gasteiger charge is 2.18. The number of nitrogens with one attached hydrogen (secondary N) is 2. The average molecular weight is 529 g/mol. The largest absolute Gasteiger partial charge is 0.400 e. The third-order valence-electron chi connectivity index (χ3n) is 6.46. The molecule has 4 N–H and O–H groups in total. The predicted molar refractivity (Wildman–Crippen MR) is 160 cm³/mol. The Morgan fingerprint density at radius 1 is 1.00 bits per heavy atom. The van der Waals surface area contributed by atoms with Crippen LogP contribution in [0, 0.1) is 0 Å². The lowest BCUT2D eigenvalue weighted by molar-refractivity contribution is -0.112. The molecule has 2 aromatic carbocycles. The van der Waals surface area contributed by atoms with Crippen LogP contribution in [0.4, 0.5) is 5.82 Å². The van der Waals surface area contributed by atoms with Gasteiger partial charge in [-0.1, -0.05) is 70.4 Å². The zero-order valence-corrected chi connectivity index (χ0v) is 23.3. The quantitative estimate of drug-likeness (QED) is 0.131. The molecule has 0 aliphatic heterocycles. The van der Waals surface area contributed by atoms with Crippen molar-refractivity contribution < 1.29 is 9.59 Å². The van der Waals surface area contributed by atoms with E-state index >= 15 is 0 Å². The summed E-state index contributed by atoms with van der Waals surface area (Å²) in [5, 5.41) is 10.7. The average Bonchev–Trinajstić information content (AvgIpc) is 3.35. The van der Waals surface area contributed by atoms with Crippen molar-refractivity contribution in [1.29, 1.82) is 0 Å². The molecule has 2 amide bonds. The molecule has 3 aromatic rings. The number of allylic oxidation sites excluding steroid dienone is 2. The van der Waals surface area contributed by atoms with Crippen LogP contribution in [0.3, 0.4) is 0 Å². The van der Waals surface area contributed by atoms with Crippen LogP contribution in [-0.4, -0.2) is 45.7 Å². The van der Waals surface area contributed by atoms with Crippen molar-refractivity contribution in [2.24, 2.45) is 10.7 Å². The van der Waals surface area contributed by atoms with E-state index < -0.39 is 5.91 Å². The van der Waals surface area contributed by atoms with Gasteiger partial charge in [0, 0.05) is 35.3 Å². The number of benzene rings is 2. The van der Waals surface area contributed by atoms with E-state index in [-0.39, 0.29) is 17.3 Å². The smallest absolute Gasteiger partial charge is 0.277 e. The third kappa shape index (κ3) is 7.89. The van der Waals surface area contributed by atoms with E-state index in [1.54, 1.807) is 25.1 Å². The van der Waals surface area contributed by atoms with Gasteiger partial charge >= 0.3 is 0 Å². The molecule has 0 bridgehead atoms. The first-order valence-corrected chi connectivity index (χ1v) is 13.7. The Balaban J connectivity index is 1.75. The maximum atomic E-state index is 13.2. The summed E-state index contributed by atoms with van der Waals surface area (Å²) < 4.78 is 0. The van der Waals surface area contributed by atoms with Crippen molar-refractivity contribution in [2.75, 3.05) is 18.4 Å². The number of hydrogen-bond donors (Lipinski definition) is 3. The summed E-state index contributed by atoms with van der Waals surface area (Å²) >= 11 is 0. The molecular formula is C31H40N6O2. The number of unbranched alkanes of at least 4 members (excludes halogenated alkanes) is 4. The standard InChI is InChI=1S/C31H40N6O2/c1-5-8-9-10-13-21-37(20-6-2)31(39)24-18-16-23(17-19-24)26(7-3)33-28(22(4)32)30(38)34-29-25-14-11-12-15-27(25)35-36-29/h7,11-12,14-19H,3,5-6,8-10,13,20-21,32H2,1-2,4H3,(H2,34,35,36,38)/b28-22+,33-26+. The molecule has 8 heteroatoms. The van der Waals surface area contributed by atoms with Crippen LogP contribution >= 0.6 is 0 Å². The number of carbonyl (C=O) groups excluding carboxylic acids is 2. The number of fused-ring (bicyclic) bond motifs is 1. The van der Waals surface area contributed by atoms with Gasteiger partial charge in [0.2, 0.25) is 0 Å². The summed E-state index contributed by atoms with van der Waals surface area (Å²) in [6.45, 7) is 11.3. The van der Waals surface area contributed by atoms with Crippen molar-refractivity contribution >= 4 is 34.2 Å². The molecular weight excluding hydrogens is 488 g/mol. The van der Waals surface area contributed by atoms with Crippen molar-refractivity contribution in [3.05, 3.63) is 83.7 Å². The summed E-state index contributed by atoms with van der Waals surface area (Å²) in [5.74, 6) is -0.0536. The molecule has 1 aromatic heterocycles. The minimum Gasteiger partial charge on any atom is -0.400 e. The first-order valence-electron chi connectivity index (χ1n) is 13.7. The fourth-order valence-electron chi connectivity index (χ4n) is 4.35. The number of H-pyrrole nitrogens is 1. The van der Waals surface area contributed by atoms with Gasteiger partial charge in [0.05, 0.1) is 11.2 Å². The number of aromatic amines is 1. The van der Waals surface area contributed by atoms with Gasteiger partial charge in [-0.15, -0.1) is 0 Å². The van der Waals surface area contributed by atoms with Gasteiger partial charge in [-0.3, -0.25) is 14.7 Å². The molecule has 0 atom stereocenters. The Morgan fingerprint density at radius 3 is 2.36 bits per heavy atom. The highest BCUT2D eigenvalue weighted by Crippen LogP contribution is 2.21. The topological polar surface area (TPSA) is 116 Å². The summed E-state index contributed by atoms with van der Waals surface area (Å²) in [5.41, 5.74) is 9.00. The van der Waals surface area contributed by atoms with Gasteiger partial charge < -0.3 is 16.0 Å². The lowest BCUT2D eigenvalue weighted by Crippen LogP contribution is -2.32. The number of amides is 2. The van der Waals surface area contributed by atoms with E-state index in [9.17, 15) is 9.59 Å². The fraction of sp³-hybridized carbons (Fsp3) is 0.355. The van der Waals surface area contributed by atoms with Gasteiger partial charge in [0.15, 0.2) is 5.82 Å². The van der Waals surface area contributed by atoms with E-state index in [2.05, 4.69) is 40.9 Å². The summed E-state index contributed by atoms with van der Waals surface area (Å²) in [7, 11) is 0. The van der Waals surface area contributed by atoms with E-state index in [1.165, 1.54) is 19.3 Å². The van der Waals surface area contributed by atoms with E-state index in [0.717, 1.165) is 48.8 Å². The molecule has 0 saturated carbocycles. The lowest BCUT2D eigenvalue weighted by Gasteiger charge is -2.22. The molecule has 0 saturated heterocycles. The third-order valence-corrected chi connectivity index (χ3v) is 6.46. The Bertz CT molecular complexity index is 1330. The monoisotopic (exact) mass is 528 g/mol. The lowest BCUT2D eigenvalue weighted by atomic mass is 10.1. The van der Waals surface area contributed by atoms with Crippen molar-refractivity contribution in [1.82, 2.24) is 15.1 Å². The Hall–Kier alpha value is -4.20. The van der Waals surface area contributed by atoms with E-state index in [0.29, 0.717) is 17.1 Å². The number of anilines is 1. The number of nitrogens with zero attached hydrogens (tertiary/aromatic N) is 3. The van der Waals surface area contributed by atoms with Crippen molar-refractivity contribution in [3.63, 3.8) is 0 Å². The molecule has 0 fully saturated rings. The van der Waals surface area contributed by atoms with Gasteiger partial charge in [0.25, 0.3) is 11.8 Å². The number of rotatable bonds is 14. The van der Waals surface area contributed by atoms with Gasteiger partial charge in [0.1, 0.15) is 5.70 Å². The maximum Gasteiger partial charge on any atom is 0.277 e. The highest BCUT2D eigenvalue weighted by atomic mass is 16.2. The molecule has 0 aliphatic carbocycles. The number of nitrogens with two attached hydrogens (primary N) is 1. The van der Waals surface area contributed by atoms with Gasteiger partial charge in [-0.05, 0) is 50.1 Å². The normalized spacial score (nSPS) is 12.2. The van der Waals surface area contributed by atoms with E-state index in [1.807, 2.05) is 41.3 Å². The van der Waals surface area contributed by atoms with Crippen LogP contribution in [-0.2, 0) is 4.79 Å². The highest BCUT2D eigenvalue weighted by molar-refractivity contribution is 6.14. The van der Waals surface area contributed by atoms with E-state index in [4.69, 9.17) is 5.73 Å². The Kier molecular flexibility index (Phi) is 11.0. The fourth-order valence-corrected chi connectivity index (χ4v) is 4.35. The van der Waals surface area contributed by atoms with Crippen LogP contribution in [0.1, 0.15) is 75.2 Å². The number of aliphatic imine (C=N–C) groups is 1. The van der Waals surface area contributed by atoms with Crippen LogP contribution in [0.2, 0.25) is 0 Å². The van der Waals surface area contributed by atoms with Crippen molar-refractivity contribution in [3.8, 4) is 0 Å². The number of carbonyl (C=O) groups is 2. The molecule has 39 heavy (non-hydrogen) atoms. The Labute approximate surface area is 231 Å². The summed E-state index contributed by atoms with van der Waals surface area (Å²) in [6.07, 6.45) is 8.28. The second-order valence-electron chi connectivity index (χ2n) is 9.59. The second kappa shape index (κ2) is 14.7. The molecule has 206 valence electrons. The zero-order valence-electron chi connectivity index (χ0n) is 23.3. The molecule has 3 rings (SSSR count). The van der Waals surface area contributed by atoms with Gasteiger partial charge in [-0.25, -0.2) is 4.99 Å². The number of para-hydroxylation sites is 1. The molecule has 0 spiro atoms. The van der Waals surface area contributed by atoms with Crippen LogP contribution in [0.15, 0.2) is 77.6 Å². The Morgan fingerprint density at radius 2 is 1.69 bits per heavy atom. The minimum absolute atomic E-state index is 0.0278. The molecule has 0 aliphatic rings. The van der Waals surface area contributed by atoms with Crippen molar-refractivity contribution in [2.45, 2.75) is 59.3 Å². The molecule has 1 heterocycles. The first kappa shape index (κ1) is 29.4. The first-order chi connectivity index (χ1) is 18.9. The summed E-state index contributed by atoms with van der Waals surface area (Å²) in [4.78, 5) is 32.8. The maximum absolute atomic E-state index is 13.2. The van der Waals surface area contributed by atoms with Crippen LogP contribution in [0.25, 0.3) is 10.9 Å². The molecule has 8 nitrogen and oxygen atoms in total. The SMILES string of the molecule is C=C/C(=N\C(C(=O)Nc1n[nH]c2ccccc12)=C(/C)N)c1ccc(C(=O)N(CCC)CCCCCCC)cc1. The minimum atomic E-state index is -0.479.